The summed E-state index contributed by atoms with van der Waals surface area (Å²) in [6, 6.07) is 20.8. The predicted molar refractivity (Wildman–Crippen MR) is 135 cm³/mol. The van der Waals surface area contributed by atoms with Crippen LogP contribution in [0.25, 0.3) is 22.4 Å². The molecule has 174 valence electrons. The van der Waals surface area contributed by atoms with Gasteiger partial charge in [-0.15, -0.1) is 0 Å². The van der Waals surface area contributed by atoms with E-state index in [-0.39, 0.29) is 5.91 Å². The number of carbonyl (C=O) groups is 1. The Labute approximate surface area is 198 Å². The zero-order valence-corrected chi connectivity index (χ0v) is 19.4. The highest BCUT2D eigenvalue weighted by molar-refractivity contribution is 5.98. The van der Waals surface area contributed by atoms with Crippen molar-refractivity contribution in [2.24, 2.45) is 5.10 Å². The van der Waals surface area contributed by atoms with Crippen LogP contribution in [0.15, 0.2) is 71.8 Å². The highest BCUT2D eigenvalue weighted by Crippen LogP contribution is 2.28. The van der Waals surface area contributed by atoms with Crippen LogP contribution in [0.3, 0.4) is 0 Å². The van der Waals surface area contributed by atoms with Crippen molar-refractivity contribution in [3.05, 3.63) is 77.9 Å². The van der Waals surface area contributed by atoms with Gasteiger partial charge >= 0.3 is 0 Å². The lowest BCUT2D eigenvalue weighted by molar-refractivity contribution is 0.0955. The number of amides is 1. The van der Waals surface area contributed by atoms with Crippen LogP contribution in [0.4, 0.5) is 0 Å². The summed E-state index contributed by atoms with van der Waals surface area (Å²) in [6.07, 6.45) is 3.63. The molecule has 0 unspecified atom stereocenters. The van der Waals surface area contributed by atoms with Gasteiger partial charge < -0.3 is 14.5 Å². The number of nitrogens with zero attached hydrogens (tertiary/aromatic N) is 2. The van der Waals surface area contributed by atoms with E-state index in [4.69, 9.17) is 9.47 Å². The molecule has 0 fully saturated rings. The van der Waals surface area contributed by atoms with Gasteiger partial charge in [0.15, 0.2) is 11.5 Å². The molecular formula is C27H28N4O3. The molecule has 34 heavy (non-hydrogen) atoms. The monoisotopic (exact) mass is 456 g/mol. The lowest BCUT2D eigenvalue weighted by Gasteiger charge is -2.12. The van der Waals surface area contributed by atoms with Gasteiger partial charge in [-0.2, -0.15) is 5.10 Å². The lowest BCUT2D eigenvalue weighted by Crippen LogP contribution is -2.17. The zero-order valence-electron chi connectivity index (χ0n) is 19.4. The molecule has 0 aliphatic rings. The molecule has 0 atom stereocenters. The smallest absolute Gasteiger partial charge is 0.271 e. The summed E-state index contributed by atoms with van der Waals surface area (Å²) in [5, 5.41) is 4.11. The number of ether oxygens (including phenoxy) is 2. The largest absolute Gasteiger partial charge is 0.490 e. The molecule has 1 aromatic heterocycles. The normalized spacial score (nSPS) is 11.1. The maximum absolute atomic E-state index is 12.6. The Kier molecular flexibility index (Phi) is 7.55. The van der Waals surface area contributed by atoms with Crippen LogP contribution in [-0.2, 0) is 0 Å². The number of fused-ring (bicyclic) bond motifs is 1. The van der Waals surface area contributed by atoms with E-state index in [9.17, 15) is 4.79 Å². The first-order valence-corrected chi connectivity index (χ1v) is 11.5. The standard InChI is InChI=1S/C27H28N4O3/c1-3-5-15-34-24-14-11-19(16-25(24)33-4-2)18-28-31-27(32)21-12-13-22-23(17-21)30-26(29-22)20-9-7-6-8-10-20/h6-14,16-18H,3-5,15H2,1-2H3,(H,29,30)(H,31,32)/b28-18+. The number of benzene rings is 3. The van der Waals surface area contributed by atoms with Crippen LogP contribution in [-0.4, -0.2) is 35.3 Å². The van der Waals surface area contributed by atoms with Crippen molar-refractivity contribution in [2.75, 3.05) is 13.2 Å². The molecular weight excluding hydrogens is 428 g/mol. The van der Waals surface area contributed by atoms with Gasteiger partial charge in [-0.3, -0.25) is 4.79 Å². The van der Waals surface area contributed by atoms with Gasteiger partial charge in [0.25, 0.3) is 5.91 Å². The van der Waals surface area contributed by atoms with E-state index >= 15 is 0 Å². The fourth-order valence-electron chi connectivity index (χ4n) is 3.43. The maximum atomic E-state index is 12.6. The second-order valence-electron chi connectivity index (χ2n) is 7.72. The van der Waals surface area contributed by atoms with Gasteiger partial charge in [0.2, 0.25) is 0 Å². The average Bonchev–Trinajstić information content (AvgIpc) is 3.30. The highest BCUT2D eigenvalue weighted by Gasteiger charge is 2.10. The molecule has 0 spiro atoms. The van der Waals surface area contributed by atoms with E-state index in [2.05, 4.69) is 27.4 Å². The van der Waals surface area contributed by atoms with Crippen molar-refractivity contribution in [2.45, 2.75) is 26.7 Å². The highest BCUT2D eigenvalue weighted by atomic mass is 16.5. The first-order chi connectivity index (χ1) is 16.7. The van der Waals surface area contributed by atoms with Crippen molar-refractivity contribution >= 4 is 23.2 Å². The molecule has 1 heterocycles. The van der Waals surface area contributed by atoms with Crippen LogP contribution in [0.2, 0.25) is 0 Å². The van der Waals surface area contributed by atoms with Crippen LogP contribution in [0.1, 0.15) is 42.6 Å². The zero-order chi connectivity index (χ0) is 23.8. The first-order valence-electron chi connectivity index (χ1n) is 11.5. The third-order valence-corrected chi connectivity index (χ3v) is 5.19. The molecule has 2 N–H and O–H groups in total. The van der Waals surface area contributed by atoms with E-state index in [1.54, 1.807) is 18.3 Å². The number of hydrogen-bond acceptors (Lipinski definition) is 5. The minimum Gasteiger partial charge on any atom is -0.490 e. The van der Waals surface area contributed by atoms with Gasteiger partial charge in [-0.05, 0) is 55.3 Å². The Bertz CT molecular complexity index is 1280. The summed E-state index contributed by atoms with van der Waals surface area (Å²) in [4.78, 5) is 20.5. The maximum Gasteiger partial charge on any atom is 0.271 e. The summed E-state index contributed by atoms with van der Waals surface area (Å²) in [5.41, 5.74) is 6.44. The third-order valence-electron chi connectivity index (χ3n) is 5.19. The molecule has 0 saturated heterocycles. The molecule has 0 bridgehead atoms. The number of imidazole rings is 1. The number of carbonyl (C=O) groups excluding carboxylic acids is 1. The second kappa shape index (κ2) is 11.1. The summed E-state index contributed by atoms with van der Waals surface area (Å²) in [7, 11) is 0. The van der Waals surface area contributed by atoms with Crippen LogP contribution in [0, 0.1) is 0 Å². The third kappa shape index (κ3) is 5.61. The molecule has 0 aliphatic heterocycles. The van der Waals surface area contributed by atoms with Gasteiger partial charge in [-0.1, -0.05) is 43.7 Å². The molecule has 7 heteroatoms. The number of hydrazone groups is 1. The molecule has 3 aromatic carbocycles. The van der Waals surface area contributed by atoms with Crippen molar-refractivity contribution in [1.82, 2.24) is 15.4 Å². The summed E-state index contributed by atoms with van der Waals surface area (Å²) in [5.74, 6) is 1.82. The number of rotatable bonds is 10. The Morgan fingerprint density at radius 1 is 1.03 bits per heavy atom. The van der Waals surface area contributed by atoms with E-state index in [1.165, 1.54) is 0 Å². The van der Waals surface area contributed by atoms with Gasteiger partial charge in [0.1, 0.15) is 5.82 Å². The van der Waals surface area contributed by atoms with Crippen molar-refractivity contribution in [3.63, 3.8) is 0 Å². The Morgan fingerprint density at radius 3 is 2.68 bits per heavy atom. The van der Waals surface area contributed by atoms with E-state index in [1.807, 2.05) is 61.5 Å². The Morgan fingerprint density at radius 2 is 1.88 bits per heavy atom. The van der Waals surface area contributed by atoms with Gasteiger partial charge in [0.05, 0.1) is 30.5 Å². The van der Waals surface area contributed by atoms with Crippen molar-refractivity contribution < 1.29 is 14.3 Å². The number of unbranched alkanes of at least 4 members (excludes halogenated alkanes) is 1. The van der Waals surface area contributed by atoms with Gasteiger partial charge in [-0.25, -0.2) is 10.4 Å². The molecule has 1 amide bonds. The first kappa shape index (κ1) is 23.0. The molecule has 0 aliphatic carbocycles. The summed E-state index contributed by atoms with van der Waals surface area (Å²) >= 11 is 0. The van der Waals surface area contributed by atoms with E-state index < -0.39 is 0 Å². The van der Waals surface area contributed by atoms with Crippen LogP contribution in [0.5, 0.6) is 11.5 Å². The number of nitrogens with one attached hydrogen (secondary N) is 2. The van der Waals surface area contributed by atoms with Gasteiger partial charge in [0, 0.05) is 11.1 Å². The molecule has 0 radical (unpaired) electrons. The fraction of sp³-hybridized carbons (Fsp3) is 0.222. The fourth-order valence-corrected chi connectivity index (χ4v) is 3.43. The number of H-pyrrole nitrogens is 1. The summed E-state index contributed by atoms with van der Waals surface area (Å²) < 4.78 is 11.5. The number of aromatic nitrogens is 2. The van der Waals surface area contributed by atoms with E-state index in [0.717, 1.165) is 40.8 Å². The minimum absolute atomic E-state index is 0.307. The second-order valence-corrected chi connectivity index (χ2v) is 7.72. The molecule has 7 nitrogen and oxygen atoms in total. The molecule has 4 aromatic rings. The lowest BCUT2D eigenvalue weighted by atomic mass is 10.2. The Balaban J connectivity index is 1.43. The van der Waals surface area contributed by atoms with Crippen LogP contribution >= 0.6 is 0 Å². The van der Waals surface area contributed by atoms with Crippen molar-refractivity contribution in [1.29, 1.82) is 0 Å². The Hall–Kier alpha value is -4.13. The quantitative estimate of drug-likeness (QED) is 0.185. The predicted octanol–water partition coefficient (Wildman–Crippen LogP) is 5.57. The molecule has 4 rings (SSSR count). The average molecular weight is 457 g/mol. The molecule has 0 saturated carbocycles. The SMILES string of the molecule is CCCCOc1ccc(/C=N/NC(=O)c2ccc3nc(-c4ccccc4)[nH]c3c2)cc1OCC. The van der Waals surface area contributed by atoms with E-state index in [0.29, 0.717) is 30.3 Å². The number of aromatic amines is 1. The van der Waals surface area contributed by atoms with Crippen molar-refractivity contribution in [3.8, 4) is 22.9 Å². The minimum atomic E-state index is -0.307. The number of hydrogen-bond donors (Lipinski definition) is 2. The summed E-state index contributed by atoms with van der Waals surface area (Å²) in [6.45, 7) is 5.23. The topological polar surface area (TPSA) is 88.6 Å². The van der Waals surface area contributed by atoms with Crippen LogP contribution < -0.4 is 14.9 Å².